The lowest BCUT2D eigenvalue weighted by Crippen LogP contribution is -2.38. The summed E-state index contributed by atoms with van der Waals surface area (Å²) in [4.78, 5) is 11.8. The van der Waals surface area contributed by atoms with Gasteiger partial charge in [0.2, 0.25) is 0 Å². The first-order valence-electron chi connectivity index (χ1n) is 17.0. The Morgan fingerprint density at radius 2 is 1.51 bits per heavy atom. The number of rotatable bonds is 12. The van der Waals surface area contributed by atoms with Crippen LogP contribution in [0.25, 0.3) is 28.0 Å². The van der Waals surface area contributed by atoms with Crippen molar-refractivity contribution < 1.29 is 37.3 Å². The van der Waals surface area contributed by atoms with Gasteiger partial charge in [-0.25, -0.2) is 4.79 Å². The number of epoxide rings is 1. The van der Waals surface area contributed by atoms with Crippen LogP contribution in [-0.4, -0.2) is 42.6 Å². The first kappa shape index (κ1) is 33.2. The van der Waals surface area contributed by atoms with Crippen molar-refractivity contribution in [3.8, 4) is 17.2 Å². The third-order valence-corrected chi connectivity index (χ3v) is 9.61. The fraction of sp³-hybridized carbons (Fsp3) is 0.425. The Morgan fingerprint density at radius 3 is 2.24 bits per heavy atom. The summed E-state index contributed by atoms with van der Waals surface area (Å²) in [6, 6.07) is 12.5. The quantitative estimate of drug-likeness (QED) is 0.0832. The Labute approximate surface area is 286 Å². The van der Waals surface area contributed by atoms with E-state index in [9.17, 15) is 4.79 Å². The summed E-state index contributed by atoms with van der Waals surface area (Å²) in [5.74, 6) is 0.681. The molecule has 7 rings (SSSR count). The average molecular weight is 669 g/mol. The summed E-state index contributed by atoms with van der Waals surface area (Å²) in [6.45, 7) is 13.4. The van der Waals surface area contributed by atoms with Crippen molar-refractivity contribution in [1.82, 2.24) is 0 Å². The third-order valence-electron chi connectivity index (χ3n) is 9.61. The van der Waals surface area contributed by atoms with E-state index in [0.717, 1.165) is 53.3 Å². The number of allylic oxidation sites excluding steroid dienone is 2. The van der Waals surface area contributed by atoms with E-state index in [0.29, 0.717) is 42.0 Å². The van der Waals surface area contributed by atoms with E-state index in [4.69, 9.17) is 37.3 Å². The molecular weight excluding hydrogens is 624 g/mol. The highest BCUT2D eigenvalue weighted by Gasteiger charge is 2.54. The summed E-state index contributed by atoms with van der Waals surface area (Å²) < 4.78 is 48.2. The predicted octanol–water partition coefficient (Wildman–Crippen LogP) is 8.88. The lowest BCUT2D eigenvalue weighted by atomic mass is 9.96. The maximum Gasteiger partial charge on any atom is 0.350 e. The molecule has 9 heteroatoms. The van der Waals surface area contributed by atoms with Crippen molar-refractivity contribution in [2.75, 3.05) is 13.2 Å². The van der Waals surface area contributed by atoms with Crippen LogP contribution in [-0.2, 0) is 14.2 Å². The molecule has 4 aromatic rings. The Kier molecular flexibility index (Phi) is 8.71. The van der Waals surface area contributed by atoms with Gasteiger partial charge in [0.1, 0.15) is 41.6 Å². The zero-order valence-electron chi connectivity index (χ0n) is 29.0. The van der Waals surface area contributed by atoms with Gasteiger partial charge >= 0.3 is 11.6 Å². The second kappa shape index (κ2) is 12.9. The minimum absolute atomic E-state index is 0.0251. The van der Waals surface area contributed by atoms with Crippen LogP contribution >= 0.6 is 0 Å². The largest absolute Gasteiger partial charge is 0.489 e. The van der Waals surface area contributed by atoms with E-state index in [1.807, 2.05) is 50.3 Å². The lowest BCUT2D eigenvalue weighted by Gasteiger charge is -2.30. The van der Waals surface area contributed by atoms with E-state index in [-0.39, 0.29) is 11.7 Å². The van der Waals surface area contributed by atoms with Gasteiger partial charge in [0.25, 0.3) is 0 Å². The maximum atomic E-state index is 11.8. The second-order valence-electron chi connectivity index (χ2n) is 14.3. The molecule has 9 nitrogen and oxygen atoms in total. The highest BCUT2D eigenvalue weighted by Crippen LogP contribution is 2.45. The number of fused-ring (bicyclic) bond motifs is 3. The van der Waals surface area contributed by atoms with E-state index in [2.05, 4.69) is 39.8 Å². The Hall–Kier alpha value is -4.31. The topological polar surface area (TPSA) is 102 Å². The average Bonchev–Trinajstić information content (AvgIpc) is 3.31. The zero-order valence-corrected chi connectivity index (χ0v) is 29.0. The smallest absolute Gasteiger partial charge is 0.350 e. The number of benzene rings is 2. The monoisotopic (exact) mass is 668 g/mol. The Morgan fingerprint density at radius 1 is 0.816 bits per heavy atom. The molecule has 2 saturated heterocycles. The number of ether oxygens (including phenoxy) is 6. The van der Waals surface area contributed by atoms with E-state index in [1.54, 1.807) is 18.4 Å². The van der Waals surface area contributed by atoms with Crippen LogP contribution in [0.5, 0.6) is 17.2 Å². The molecule has 1 spiro atoms. The van der Waals surface area contributed by atoms with Gasteiger partial charge in [-0.3, -0.25) is 0 Å². The maximum absolute atomic E-state index is 11.8. The highest BCUT2D eigenvalue weighted by atomic mass is 16.9. The molecule has 0 N–H and O–H groups in total. The van der Waals surface area contributed by atoms with Gasteiger partial charge in [-0.05, 0) is 110 Å². The molecule has 5 heterocycles. The molecular formula is C40H44O9. The first-order chi connectivity index (χ1) is 23.4. The fourth-order valence-electron chi connectivity index (χ4n) is 6.50. The molecule has 0 amide bonds. The molecule has 2 aromatic carbocycles. The van der Waals surface area contributed by atoms with Crippen LogP contribution in [0.3, 0.4) is 0 Å². The van der Waals surface area contributed by atoms with Gasteiger partial charge in [-0.1, -0.05) is 11.1 Å². The summed E-state index contributed by atoms with van der Waals surface area (Å²) in [6.07, 6.45) is 13.3. The molecule has 2 fully saturated rings. The molecule has 49 heavy (non-hydrogen) atoms. The third kappa shape index (κ3) is 7.20. The van der Waals surface area contributed by atoms with E-state index < -0.39 is 17.2 Å². The van der Waals surface area contributed by atoms with Crippen molar-refractivity contribution in [3.63, 3.8) is 0 Å². The summed E-state index contributed by atoms with van der Waals surface area (Å²) in [7, 11) is 0. The van der Waals surface area contributed by atoms with E-state index in [1.165, 1.54) is 11.6 Å². The first-order valence-corrected chi connectivity index (χ1v) is 17.0. The van der Waals surface area contributed by atoms with Crippen LogP contribution < -0.4 is 19.8 Å². The highest BCUT2D eigenvalue weighted by molar-refractivity contribution is 6.01. The zero-order chi connectivity index (χ0) is 34.4. The molecule has 3 aliphatic rings. The van der Waals surface area contributed by atoms with Gasteiger partial charge in [-0.2, -0.15) is 0 Å². The van der Waals surface area contributed by atoms with Crippen molar-refractivity contribution in [1.29, 1.82) is 0 Å². The molecule has 1 unspecified atom stereocenters. The van der Waals surface area contributed by atoms with E-state index >= 15 is 0 Å². The van der Waals surface area contributed by atoms with Gasteiger partial charge in [0.05, 0.1) is 40.4 Å². The predicted molar refractivity (Wildman–Crippen MR) is 187 cm³/mol. The van der Waals surface area contributed by atoms with Crippen LogP contribution in [0.2, 0.25) is 0 Å². The second-order valence-corrected chi connectivity index (χ2v) is 14.3. The summed E-state index contributed by atoms with van der Waals surface area (Å²) >= 11 is 0. The summed E-state index contributed by atoms with van der Waals surface area (Å²) in [5, 5.41) is 1.54. The SMILES string of the molecule is CC(=CCOc1ccc2c(c1)O[C@@]1(C=C2)O[C@H](CCC(C)=CCOc2c3ccoc3cc3oc(=O)ccc23)C(C)(C)O1)CCC1OC1(C)C. The van der Waals surface area contributed by atoms with Crippen molar-refractivity contribution in [2.45, 2.75) is 96.6 Å². The molecule has 0 bridgehead atoms. The Bertz CT molecular complexity index is 2010. The number of hydrogen-bond acceptors (Lipinski definition) is 9. The van der Waals surface area contributed by atoms with Crippen molar-refractivity contribution in [3.05, 3.63) is 94.1 Å². The van der Waals surface area contributed by atoms with Gasteiger partial charge < -0.3 is 37.3 Å². The van der Waals surface area contributed by atoms with Crippen LogP contribution in [0.1, 0.15) is 72.8 Å². The van der Waals surface area contributed by atoms with Crippen LogP contribution in [0.15, 0.2) is 91.7 Å². The van der Waals surface area contributed by atoms with Crippen LogP contribution in [0, 0.1) is 0 Å². The van der Waals surface area contributed by atoms with Crippen LogP contribution in [0.4, 0.5) is 0 Å². The lowest BCUT2D eigenvalue weighted by molar-refractivity contribution is -0.270. The molecule has 258 valence electrons. The molecule has 3 aliphatic heterocycles. The minimum atomic E-state index is -1.31. The fourth-order valence-corrected chi connectivity index (χ4v) is 6.50. The number of furan rings is 1. The minimum Gasteiger partial charge on any atom is -0.489 e. The normalized spacial score (nSPS) is 24.0. The Balaban J connectivity index is 0.939. The molecule has 3 atom stereocenters. The molecule has 0 saturated carbocycles. The van der Waals surface area contributed by atoms with Crippen molar-refractivity contribution >= 4 is 28.0 Å². The van der Waals surface area contributed by atoms with Gasteiger partial charge in [-0.15, -0.1) is 0 Å². The van der Waals surface area contributed by atoms with Crippen molar-refractivity contribution in [2.24, 2.45) is 0 Å². The molecule has 0 aliphatic carbocycles. The number of hydrogen-bond donors (Lipinski definition) is 0. The van der Waals surface area contributed by atoms with Gasteiger partial charge in [0.15, 0.2) is 0 Å². The summed E-state index contributed by atoms with van der Waals surface area (Å²) in [5.41, 5.74) is 3.41. The molecule has 2 aromatic heterocycles. The molecule has 0 radical (unpaired) electrons. The standard InChI is InChI=1S/C40H44O9/c1-25(7-12-34-38(3,4)47-34)16-20-42-28-10-9-27-15-19-40(46-31(27)23-28)48-35(39(5,6)49-40)13-8-26(2)17-21-44-37-29-11-14-36(41)45-33(29)24-32-30(37)18-22-43-32/h9-11,14-19,22-24,34-35H,7-8,12-13,20-21H2,1-6H3/t34?,35-,40+/m1/s1. The van der Waals surface area contributed by atoms with Gasteiger partial charge in [0, 0.05) is 29.8 Å².